The van der Waals surface area contributed by atoms with Crippen LogP contribution in [0.25, 0.3) is 0 Å². The van der Waals surface area contributed by atoms with Crippen LogP contribution in [-0.2, 0) is 6.54 Å². The van der Waals surface area contributed by atoms with Gasteiger partial charge in [0, 0.05) is 5.69 Å². The van der Waals surface area contributed by atoms with Crippen LogP contribution in [0.2, 0.25) is 0 Å². The van der Waals surface area contributed by atoms with E-state index < -0.39 is 0 Å². The lowest BCUT2D eigenvalue weighted by molar-refractivity contribution is 0.605. The fraction of sp³-hybridized carbons (Fsp3) is 0.556. The first kappa shape index (κ1) is 8.79. The molecule has 0 amide bonds. The van der Waals surface area contributed by atoms with Gasteiger partial charge in [-0.3, -0.25) is 4.68 Å². The zero-order valence-electron chi connectivity index (χ0n) is 7.76. The van der Waals surface area contributed by atoms with Gasteiger partial charge in [0.25, 0.3) is 0 Å². The summed E-state index contributed by atoms with van der Waals surface area (Å²) in [6, 6.07) is 2.11. The minimum atomic E-state index is 0.529. The molecule has 3 heteroatoms. The molecule has 1 aromatic rings. The molecule has 1 heterocycles. The lowest BCUT2D eigenvalue weighted by Gasteiger charge is -1.99. The second-order valence-electron chi connectivity index (χ2n) is 2.93. The highest BCUT2D eigenvalue weighted by Gasteiger charge is 2.05. The van der Waals surface area contributed by atoms with Gasteiger partial charge in [0.05, 0.1) is 24.7 Å². The number of aryl methyl sites for hydroxylation is 2. The summed E-state index contributed by atoms with van der Waals surface area (Å²) in [6.07, 6.45) is 0.529. The minimum absolute atomic E-state index is 0.529. The Morgan fingerprint density at radius 3 is 2.50 bits per heavy atom. The van der Waals surface area contributed by atoms with Crippen LogP contribution >= 0.6 is 0 Å². The Morgan fingerprint density at radius 2 is 2.08 bits per heavy atom. The Balaban J connectivity index is 2.87. The Labute approximate surface area is 72.6 Å². The molecule has 0 fully saturated rings. The van der Waals surface area contributed by atoms with Crippen molar-refractivity contribution < 1.29 is 0 Å². The third kappa shape index (κ3) is 1.48. The van der Waals surface area contributed by atoms with Crippen molar-refractivity contribution in [1.82, 2.24) is 9.78 Å². The Morgan fingerprint density at radius 1 is 1.42 bits per heavy atom. The van der Waals surface area contributed by atoms with Gasteiger partial charge in [-0.25, -0.2) is 0 Å². The molecule has 1 rings (SSSR count). The van der Waals surface area contributed by atoms with Crippen molar-refractivity contribution in [3.8, 4) is 6.07 Å². The monoisotopic (exact) mass is 163 g/mol. The summed E-state index contributed by atoms with van der Waals surface area (Å²) in [5.74, 6) is 0. The molecule has 1 aromatic heterocycles. The van der Waals surface area contributed by atoms with Gasteiger partial charge < -0.3 is 0 Å². The number of hydrogen-bond donors (Lipinski definition) is 0. The predicted molar refractivity (Wildman–Crippen MR) is 46.7 cm³/mol. The Hall–Kier alpha value is -1.30. The van der Waals surface area contributed by atoms with Gasteiger partial charge in [0.2, 0.25) is 0 Å². The van der Waals surface area contributed by atoms with E-state index in [1.807, 2.05) is 18.5 Å². The fourth-order valence-corrected chi connectivity index (χ4v) is 1.16. The molecular weight excluding hydrogens is 150 g/mol. The van der Waals surface area contributed by atoms with Crippen molar-refractivity contribution in [3.63, 3.8) is 0 Å². The van der Waals surface area contributed by atoms with E-state index >= 15 is 0 Å². The van der Waals surface area contributed by atoms with Crippen molar-refractivity contribution >= 4 is 0 Å². The predicted octanol–water partition coefficient (Wildman–Crippen LogP) is 1.72. The molecule has 0 bridgehead atoms. The van der Waals surface area contributed by atoms with E-state index in [1.165, 1.54) is 11.3 Å². The van der Waals surface area contributed by atoms with Crippen molar-refractivity contribution in [3.05, 3.63) is 17.0 Å². The SMILES string of the molecule is Cc1nn(CCC#N)c(C)c1C. The van der Waals surface area contributed by atoms with E-state index in [2.05, 4.69) is 18.1 Å². The minimum Gasteiger partial charge on any atom is -0.268 e. The summed E-state index contributed by atoms with van der Waals surface area (Å²) >= 11 is 0. The second-order valence-corrected chi connectivity index (χ2v) is 2.93. The normalized spacial score (nSPS) is 9.83. The zero-order chi connectivity index (χ0) is 9.14. The molecule has 0 saturated heterocycles. The van der Waals surface area contributed by atoms with E-state index in [9.17, 15) is 0 Å². The third-order valence-corrected chi connectivity index (χ3v) is 2.18. The number of rotatable bonds is 2. The molecule has 0 atom stereocenters. The van der Waals surface area contributed by atoms with Gasteiger partial charge in [0.15, 0.2) is 0 Å². The maximum atomic E-state index is 8.40. The van der Waals surface area contributed by atoms with Crippen LogP contribution in [0.5, 0.6) is 0 Å². The maximum Gasteiger partial charge on any atom is 0.0641 e. The van der Waals surface area contributed by atoms with E-state index in [4.69, 9.17) is 5.26 Å². The van der Waals surface area contributed by atoms with Crippen LogP contribution in [0.4, 0.5) is 0 Å². The summed E-state index contributed by atoms with van der Waals surface area (Å²) < 4.78 is 1.90. The van der Waals surface area contributed by atoms with Gasteiger partial charge in [-0.1, -0.05) is 0 Å². The van der Waals surface area contributed by atoms with Crippen molar-refractivity contribution in [1.29, 1.82) is 5.26 Å². The van der Waals surface area contributed by atoms with Gasteiger partial charge in [-0.2, -0.15) is 10.4 Å². The first-order valence-corrected chi connectivity index (χ1v) is 4.04. The second kappa shape index (κ2) is 3.40. The molecule has 0 radical (unpaired) electrons. The number of hydrogen-bond acceptors (Lipinski definition) is 2. The molecule has 0 saturated carbocycles. The highest BCUT2D eigenvalue weighted by Crippen LogP contribution is 2.10. The van der Waals surface area contributed by atoms with Gasteiger partial charge in [0.1, 0.15) is 0 Å². The zero-order valence-corrected chi connectivity index (χ0v) is 7.76. The molecule has 3 nitrogen and oxygen atoms in total. The number of nitriles is 1. The van der Waals surface area contributed by atoms with E-state index in [0.717, 1.165) is 5.69 Å². The van der Waals surface area contributed by atoms with E-state index in [1.54, 1.807) is 0 Å². The van der Waals surface area contributed by atoms with Crippen LogP contribution < -0.4 is 0 Å². The first-order valence-electron chi connectivity index (χ1n) is 4.04. The molecule has 0 aliphatic heterocycles. The van der Waals surface area contributed by atoms with Gasteiger partial charge in [-0.15, -0.1) is 0 Å². The average molecular weight is 163 g/mol. The standard InChI is InChI=1S/C9H13N3/c1-7-8(2)11-12(9(7)3)6-4-5-10/h4,6H2,1-3H3. The summed E-state index contributed by atoms with van der Waals surface area (Å²) in [6.45, 7) is 6.79. The highest BCUT2D eigenvalue weighted by atomic mass is 15.3. The summed E-state index contributed by atoms with van der Waals surface area (Å²) in [5, 5.41) is 12.7. The smallest absolute Gasteiger partial charge is 0.0641 e. The first-order chi connectivity index (χ1) is 5.66. The molecule has 0 aromatic carbocycles. The van der Waals surface area contributed by atoms with Crippen LogP contribution in [0, 0.1) is 32.1 Å². The van der Waals surface area contributed by atoms with Crippen LogP contribution in [0.1, 0.15) is 23.4 Å². The quantitative estimate of drug-likeness (QED) is 0.666. The lowest BCUT2D eigenvalue weighted by atomic mass is 10.2. The largest absolute Gasteiger partial charge is 0.268 e. The van der Waals surface area contributed by atoms with Crippen LogP contribution in [-0.4, -0.2) is 9.78 Å². The molecule has 0 aliphatic rings. The van der Waals surface area contributed by atoms with E-state index in [0.29, 0.717) is 13.0 Å². The molecule has 12 heavy (non-hydrogen) atoms. The molecule has 0 unspecified atom stereocenters. The Kier molecular flexibility index (Phi) is 2.49. The van der Waals surface area contributed by atoms with E-state index in [-0.39, 0.29) is 0 Å². The molecule has 0 N–H and O–H groups in total. The number of aromatic nitrogens is 2. The summed E-state index contributed by atoms with van der Waals surface area (Å²) in [5.41, 5.74) is 3.46. The third-order valence-electron chi connectivity index (χ3n) is 2.18. The summed E-state index contributed by atoms with van der Waals surface area (Å²) in [4.78, 5) is 0. The Bertz CT molecular complexity index is 317. The molecular formula is C9H13N3. The highest BCUT2D eigenvalue weighted by molar-refractivity contribution is 5.22. The summed E-state index contributed by atoms with van der Waals surface area (Å²) in [7, 11) is 0. The van der Waals surface area contributed by atoms with Crippen molar-refractivity contribution in [2.24, 2.45) is 0 Å². The topological polar surface area (TPSA) is 41.6 Å². The average Bonchev–Trinajstić information content (AvgIpc) is 2.30. The molecule has 64 valence electrons. The van der Waals surface area contributed by atoms with Gasteiger partial charge >= 0.3 is 0 Å². The molecule has 0 spiro atoms. The fourth-order valence-electron chi connectivity index (χ4n) is 1.16. The molecule has 0 aliphatic carbocycles. The van der Waals surface area contributed by atoms with Crippen LogP contribution in [0.15, 0.2) is 0 Å². The van der Waals surface area contributed by atoms with Crippen molar-refractivity contribution in [2.75, 3.05) is 0 Å². The lowest BCUT2D eigenvalue weighted by Crippen LogP contribution is -2.01. The van der Waals surface area contributed by atoms with Crippen molar-refractivity contribution in [2.45, 2.75) is 33.7 Å². The van der Waals surface area contributed by atoms with Crippen LogP contribution in [0.3, 0.4) is 0 Å². The van der Waals surface area contributed by atoms with Gasteiger partial charge in [-0.05, 0) is 26.3 Å². The number of nitrogens with zero attached hydrogens (tertiary/aromatic N) is 3. The maximum absolute atomic E-state index is 8.40.